The summed E-state index contributed by atoms with van der Waals surface area (Å²) in [7, 11) is -3.34. The van der Waals surface area contributed by atoms with Gasteiger partial charge >= 0.3 is 0 Å². The Morgan fingerprint density at radius 1 is 1.48 bits per heavy atom. The fraction of sp³-hybridized carbons (Fsp3) is 0.357. The fourth-order valence-corrected chi connectivity index (χ4v) is 2.77. The van der Waals surface area contributed by atoms with Crippen LogP contribution in [0.1, 0.15) is 12.0 Å². The molecule has 0 atom stereocenters. The van der Waals surface area contributed by atoms with Gasteiger partial charge in [0.1, 0.15) is 0 Å². The zero-order valence-electron chi connectivity index (χ0n) is 12.1. The molecule has 0 bridgehead atoms. The Morgan fingerprint density at radius 2 is 2.14 bits per heavy atom. The zero-order chi connectivity index (χ0) is 16.0. The van der Waals surface area contributed by atoms with Crippen LogP contribution in [0.4, 0.5) is 5.69 Å². The van der Waals surface area contributed by atoms with Gasteiger partial charge in [0.05, 0.1) is 6.26 Å². The number of aryl methyl sites for hydroxylation is 1. The number of benzene rings is 1. The quantitative estimate of drug-likeness (QED) is 0.781. The van der Waals surface area contributed by atoms with Gasteiger partial charge in [0.2, 0.25) is 15.9 Å². The maximum atomic E-state index is 11.9. The molecule has 1 aromatic carbocycles. The van der Waals surface area contributed by atoms with Gasteiger partial charge in [-0.3, -0.25) is 4.79 Å². The van der Waals surface area contributed by atoms with E-state index in [-0.39, 0.29) is 25.4 Å². The van der Waals surface area contributed by atoms with Gasteiger partial charge in [0.15, 0.2) is 0 Å². The number of nitrogens with one attached hydrogen (secondary N) is 1. The molecule has 0 unspecified atom stereocenters. The van der Waals surface area contributed by atoms with E-state index in [2.05, 4.69) is 11.9 Å². The van der Waals surface area contributed by atoms with Crippen LogP contribution in [-0.4, -0.2) is 38.0 Å². The third-order valence-corrected chi connectivity index (χ3v) is 4.36. The summed E-state index contributed by atoms with van der Waals surface area (Å²) in [5.41, 5.74) is 1.51. The first kappa shape index (κ1) is 17.7. The van der Waals surface area contributed by atoms with Crippen molar-refractivity contribution in [3.63, 3.8) is 0 Å². The summed E-state index contributed by atoms with van der Waals surface area (Å²) in [5.74, 6) is -0.252. The summed E-state index contributed by atoms with van der Waals surface area (Å²) in [4.78, 5) is 11.9. The summed E-state index contributed by atoms with van der Waals surface area (Å²) >= 11 is 5.85. The number of halogens is 1. The van der Waals surface area contributed by atoms with Crippen LogP contribution in [0.25, 0.3) is 0 Å². The van der Waals surface area contributed by atoms with Gasteiger partial charge in [-0.05, 0) is 30.7 Å². The van der Waals surface area contributed by atoms with Crippen molar-refractivity contribution in [1.29, 1.82) is 0 Å². The van der Waals surface area contributed by atoms with Crippen molar-refractivity contribution in [1.82, 2.24) is 4.31 Å². The highest BCUT2D eigenvalue weighted by molar-refractivity contribution is 7.88. The second-order valence-corrected chi connectivity index (χ2v) is 7.09. The maximum absolute atomic E-state index is 11.9. The number of anilines is 1. The average molecular weight is 331 g/mol. The van der Waals surface area contributed by atoms with Crippen molar-refractivity contribution >= 4 is 33.2 Å². The Balaban J connectivity index is 2.63. The van der Waals surface area contributed by atoms with Gasteiger partial charge in [-0.25, -0.2) is 8.42 Å². The standard InChI is InChI=1S/C14H19ClN2O3S/c1-4-8-17(21(3,19)20)9-7-14(18)16-13-6-5-12(15)10-11(13)2/h4-6,10H,1,7-9H2,2-3H3,(H,16,18). The van der Waals surface area contributed by atoms with E-state index in [1.54, 1.807) is 18.2 Å². The molecule has 0 radical (unpaired) electrons. The number of hydrogen-bond acceptors (Lipinski definition) is 3. The third kappa shape index (κ3) is 5.87. The minimum atomic E-state index is -3.34. The van der Waals surface area contributed by atoms with E-state index >= 15 is 0 Å². The molecule has 1 N–H and O–H groups in total. The molecule has 1 aromatic rings. The lowest BCUT2D eigenvalue weighted by molar-refractivity contribution is -0.116. The Kier molecular flexibility index (Phi) is 6.39. The van der Waals surface area contributed by atoms with E-state index in [1.165, 1.54) is 10.4 Å². The van der Waals surface area contributed by atoms with Crippen molar-refractivity contribution in [2.45, 2.75) is 13.3 Å². The van der Waals surface area contributed by atoms with Crippen LogP contribution in [0.2, 0.25) is 5.02 Å². The van der Waals surface area contributed by atoms with Gasteiger partial charge in [-0.15, -0.1) is 6.58 Å². The van der Waals surface area contributed by atoms with Gasteiger partial charge in [0.25, 0.3) is 0 Å². The summed E-state index contributed by atoms with van der Waals surface area (Å²) < 4.78 is 24.2. The largest absolute Gasteiger partial charge is 0.326 e. The van der Waals surface area contributed by atoms with Gasteiger partial charge in [-0.2, -0.15) is 4.31 Å². The van der Waals surface area contributed by atoms with Crippen molar-refractivity contribution in [2.75, 3.05) is 24.7 Å². The molecule has 0 heterocycles. The van der Waals surface area contributed by atoms with Crippen molar-refractivity contribution < 1.29 is 13.2 Å². The molecule has 0 aliphatic carbocycles. The minimum Gasteiger partial charge on any atom is -0.326 e. The summed E-state index contributed by atoms with van der Waals surface area (Å²) in [6.07, 6.45) is 2.67. The predicted octanol–water partition coefficient (Wildman–Crippen LogP) is 2.42. The van der Waals surface area contributed by atoms with E-state index in [1.807, 2.05) is 6.92 Å². The summed E-state index contributed by atoms with van der Waals surface area (Å²) in [6.45, 7) is 5.65. The number of carbonyl (C=O) groups excluding carboxylic acids is 1. The highest BCUT2D eigenvalue weighted by atomic mass is 35.5. The average Bonchev–Trinajstić information content (AvgIpc) is 2.36. The minimum absolute atomic E-state index is 0.0724. The van der Waals surface area contributed by atoms with Crippen LogP contribution in [0.3, 0.4) is 0 Å². The van der Waals surface area contributed by atoms with Crippen LogP contribution in [0, 0.1) is 6.92 Å². The molecule has 1 rings (SSSR count). The lowest BCUT2D eigenvalue weighted by Gasteiger charge is -2.17. The smallest absolute Gasteiger partial charge is 0.225 e. The highest BCUT2D eigenvalue weighted by Crippen LogP contribution is 2.19. The van der Waals surface area contributed by atoms with E-state index in [0.717, 1.165) is 11.8 Å². The van der Waals surface area contributed by atoms with Crippen LogP contribution in [-0.2, 0) is 14.8 Å². The number of carbonyl (C=O) groups is 1. The Hall–Kier alpha value is -1.37. The molecule has 21 heavy (non-hydrogen) atoms. The van der Waals surface area contributed by atoms with Crippen molar-refractivity contribution in [3.05, 3.63) is 41.4 Å². The van der Waals surface area contributed by atoms with E-state index < -0.39 is 10.0 Å². The molecule has 0 saturated carbocycles. The van der Waals surface area contributed by atoms with Gasteiger partial charge in [-0.1, -0.05) is 17.7 Å². The fourth-order valence-electron chi connectivity index (χ4n) is 1.74. The normalized spacial score (nSPS) is 11.4. The van der Waals surface area contributed by atoms with E-state index in [0.29, 0.717) is 10.7 Å². The first-order valence-corrected chi connectivity index (χ1v) is 8.58. The van der Waals surface area contributed by atoms with Crippen LogP contribution in [0.5, 0.6) is 0 Å². The van der Waals surface area contributed by atoms with Crippen LogP contribution < -0.4 is 5.32 Å². The number of rotatable bonds is 7. The van der Waals surface area contributed by atoms with Gasteiger partial charge in [0, 0.05) is 30.2 Å². The molecule has 0 saturated heterocycles. The molecular weight excluding hydrogens is 312 g/mol. The predicted molar refractivity (Wildman–Crippen MR) is 86.0 cm³/mol. The summed E-state index contributed by atoms with van der Waals surface area (Å²) in [5, 5.41) is 3.34. The highest BCUT2D eigenvalue weighted by Gasteiger charge is 2.16. The Bertz CT molecular complexity index is 629. The summed E-state index contributed by atoms with van der Waals surface area (Å²) in [6, 6.07) is 5.15. The molecule has 0 aromatic heterocycles. The second kappa shape index (κ2) is 7.59. The molecular formula is C14H19ClN2O3S. The number of sulfonamides is 1. The number of nitrogens with zero attached hydrogens (tertiary/aromatic N) is 1. The molecule has 0 fully saturated rings. The topological polar surface area (TPSA) is 66.5 Å². The Morgan fingerprint density at radius 3 is 2.67 bits per heavy atom. The zero-order valence-corrected chi connectivity index (χ0v) is 13.7. The maximum Gasteiger partial charge on any atom is 0.225 e. The number of hydrogen-bond donors (Lipinski definition) is 1. The SMILES string of the molecule is C=CCN(CCC(=O)Nc1ccc(Cl)cc1C)S(C)(=O)=O. The molecule has 5 nitrogen and oxygen atoms in total. The first-order chi connectivity index (χ1) is 9.74. The van der Waals surface area contributed by atoms with E-state index in [4.69, 9.17) is 11.6 Å². The molecule has 0 aliphatic heterocycles. The van der Waals surface area contributed by atoms with Gasteiger partial charge < -0.3 is 5.32 Å². The lowest BCUT2D eigenvalue weighted by Crippen LogP contribution is -2.33. The van der Waals surface area contributed by atoms with Crippen molar-refractivity contribution in [3.8, 4) is 0 Å². The van der Waals surface area contributed by atoms with Crippen molar-refractivity contribution in [2.24, 2.45) is 0 Å². The molecule has 1 amide bonds. The molecule has 116 valence electrons. The monoisotopic (exact) mass is 330 g/mol. The first-order valence-electron chi connectivity index (χ1n) is 6.36. The van der Waals surface area contributed by atoms with E-state index in [9.17, 15) is 13.2 Å². The molecule has 7 heteroatoms. The second-order valence-electron chi connectivity index (χ2n) is 4.67. The van der Waals surface area contributed by atoms with Crippen LogP contribution in [0.15, 0.2) is 30.9 Å². The lowest BCUT2D eigenvalue weighted by atomic mass is 10.2. The molecule has 0 aliphatic rings. The third-order valence-electron chi connectivity index (χ3n) is 2.85. The number of amides is 1. The molecule has 0 spiro atoms. The van der Waals surface area contributed by atoms with Crippen LogP contribution >= 0.6 is 11.6 Å². The Labute approximate surface area is 130 Å².